The van der Waals surface area contributed by atoms with E-state index >= 15 is 0 Å². The molecule has 0 saturated heterocycles. The zero-order chi connectivity index (χ0) is 12.8. The fourth-order valence-corrected chi connectivity index (χ4v) is 2.06. The van der Waals surface area contributed by atoms with Crippen molar-refractivity contribution in [1.82, 2.24) is 14.7 Å². The van der Waals surface area contributed by atoms with Gasteiger partial charge in [0, 0.05) is 24.9 Å². The van der Waals surface area contributed by atoms with Crippen LogP contribution in [0.25, 0.3) is 0 Å². The molecule has 0 saturated carbocycles. The van der Waals surface area contributed by atoms with E-state index < -0.39 is 11.3 Å². The SMILES string of the molecule is O=S(O)NCCc1cccc(Cc2cnc[nH]2)c1. The van der Waals surface area contributed by atoms with E-state index in [9.17, 15) is 4.21 Å². The molecule has 0 spiro atoms. The van der Waals surface area contributed by atoms with Crippen LogP contribution in [-0.2, 0) is 24.1 Å². The number of benzene rings is 1. The van der Waals surface area contributed by atoms with Gasteiger partial charge in [0.25, 0.3) is 0 Å². The van der Waals surface area contributed by atoms with Gasteiger partial charge in [-0.15, -0.1) is 0 Å². The van der Waals surface area contributed by atoms with Gasteiger partial charge >= 0.3 is 0 Å². The van der Waals surface area contributed by atoms with E-state index in [1.54, 1.807) is 6.33 Å². The Morgan fingerprint density at radius 3 is 2.94 bits per heavy atom. The predicted molar refractivity (Wildman–Crippen MR) is 70.3 cm³/mol. The molecule has 0 aliphatic heterocycles. The minimum atomic E-state index is -1.93. The van der Waals surface area contributed by atoms with E-state index in [0.717, 1.165) is 24.1 Å². The second-order valence-electron chi connectivity index (χ2n) is 3.97. The molecule has 1 aromatic carbocycles. The fraction of sp³-hybridized carbons (Fsp3) is 0.250. The van der Waals surface area contributed by atoms with Crippen LogP contribution in [0, 0.1) is 0 Å². The Bertz CT molecular complexity index is 514. The van der Waals surface area contributed by atoms with Crippen LogP contribution in [0.1, 0.15) is 16.8 Å². The minimum absolute atomic E-state index is 0.483. The summed E-state index contributed by atoms with van der Waals surface area (Å²) in [5.74, 6) is 0. The Labute approximate surface area is 108 Å². The highest BCUT2D eigenvalue weighted by atomic mass is 32.2. The highest BCUT2D eigenvalue weighted by Gasteiger charge is 2.00. The Morgan fingerprint density at radius 2 is 2.22 bits per heavy atom. The number of rotatable bonds is 6. The Kier molecular flexibility index (Phi) is 4.63. The molecule has 1 aromatic heterocycles. The molecule has 0 aliphatic rings. The lowest BCUT2D eigenvalue weighted by Gasteiger charge is -2.04. The summed E-state index contributed by atoms with van der Waals surface area (Å²) in [5, 5.41) is 0. The normalized spacial score (nSPS) is 12.5. The Balaban J connectivity index is 1.94. The molecule has 0 fully saturated rings. The van der Waals surface area contributed by atoms with Crippen molar-refractivity contribution in [1.29, 1.82) is 0 Å². The lowest BCUT2D eigenvalue weighted by Crippen LogP contribution is -2.19. The van der Waals surface area contributed by atoms with Gasteiger partial charge in [0.05, 0.1) is 6.33 Å². The average molecular weight is 265 g/mol. The molecule has 0 amide bonds. The molecule has 5 nitrogen and oxygen atoms in total. The van der Waals surface area contributed by atoms with Gasteiger partial charge in [-0.05, 0) is 17.5 Å². The number of aromatic nitrogens is 2. The van der Waals surface area contributed by atoms with E-state index in [0.29, 0.717) is 6.54 Å². The van der Waals surface area contributed by atoms with Crippen molar-refractivity contribution in [3.05, 3.63) is 53.6 Å². The zero-order valence-corrected chi connectivity index (χ0v) is 10.6. The second kappa shape index (κ2) is 6.44. The van der Waals surface area contributed by atoms with Gasteiger partial charge in [0.15, 0.2) is 0 Å². The molecule has 0 radical (unpaired) electrons. The van der Waals surface area contributed by atoms with Gasteiger partial charge in [-0.2, -0.15) is 0 Å². The average Bonchev–Trinajstić information content (AvgIpc) is 2.82. The quantitative estimate of drug-likeness (QED) is 0.688. The van der Waals surface area contributed by atoms with Crippen LogP contribution in [-0.4, -0.2) is 25.3 Å². The molecule has 18 heavy (non-hydrogen) atoms. The van der Waals surface area contributed by atoms with Crippen molar-refractivity contribution in [2.75, 3.05) is 6.54 Å². The van der Waals surface area contributed by atoms with Crippen molar-refractivity contribution < 1.29 is 8.76 Å². The molecular formula is C12H15N3O2S. The molecule has 2 rings (SSSR count). The molecule has 1 unspecified atom stereocenters. The van der Waals surface area contributed by atoms with Crippen LogP contribution >= 0.6 is 0 Å². The van der Waals surface area contributed by atoms with Gasteiger partial charge in [-0.1, -0.05) is 24.3 Å². The number of hydrogen-bond acceptors (Lipinski definition) is 2. The summed E-state index contributed by atoms with van der Waals surface area (Å²) >= 11 is -1.93. The first-order valence-corrected chi connectivity index (χ1v) is 6.74. The van der Waals surface area contributed by atoms with E-state index in [4.69, 9.17) is 4.55 Å². The smallest absolute Gasteiger partial charge is 0.231 e. The lowest BCUT2D eigenvalue weighted by atomic mass is 10.1. The summed E-state index contributed by atoms with van der Waals surface area (Å²) in [7, 11) is 0. The molecule has 2 aromatic rings. The van der Waals surface area contributed by atoms with Crippen LogP contribution in [0.4, 0.5) is 0 Å². The van der Waals surface area contributed by atoms with E-state index in [1.807, 2.05) is 18.3 Å². The topological polar surface area (TPSA) is 78.0 Å². The number of imidazole rings is 1. The second-order valence-corrected chi connectivity index (χ2v) is 4.75. The first-order valence-electron chi connectivity index (χ1n) is 5.63. The predicted octanol–water partition coefficient (Wildman–Crippen LogP) is 1.27. The monoisotopic (exact) mass is 265 g/mol. The van der Waals surface area contributed by atoms with Crippen LogP contribution in [0.5, 0.6) is 0 Å². The van der Waals surface area contributed by atoms with Crippen LogP contribution in [0.15, 0.2) is 36.8 Å². The van der Waals surface area contributed by atoms with Crippen molar-refractivity contribution in [3.63, 3.8) is 0 Å². The van der Waals surface area contributed by atoms with Gasteiger partial charge in [-0.25, -0.2) is 13.9 Å². The van der Waals surface area contributed by atoms with Gasteiger partial charge < -0.3 is 4.98 Å². The van der Waals surface area contributed by atoms with Crippen LogP contribution < -0.4 is 4.72 Å². The highest BCUT2D eigenvalue weighted by molar-refractivity contribution is 7.77. The standard InChI is InChI=1S/C12H15N3O2S/c16-18(17)15-5-4-10-2-1-3-11(6-10)7-12-8-13-9-14-12/h1-3,6,8-9,15H,4-5,7H2,(H,13,14)(H,16,17). The first-order chi connectivity index (χ1) is 8.74. The number of aromatic amines is 1. The summed E-state index contributed by atoms with van der Waals surface area (Å²) in [5.41, 5.74) is 3.41. The molecule has 3 N–H and O–H groups in total. The molecule has 96 valence electrons. The molecular weight excluding hydrogens is 250 g/mol. The lowest BCUT2D eigenvalue weighted by molar-refractivity contribution is 0.549. The summed E-state index contributed by atoms with van der Waals surface area (Å²) in [4.78, 5) is 7.05. The van der Waals surface area contributed by atoms with Crippen LogP contribution in [0.3, 0.4) is 0 Å². The third-order valence-corrected chi connectivity index (χ3v) is 3.03. The Hall–Kier alpha value is -1.50. The summed E-state index contributed by atoms with van der Waals surface area (Å²) in [6, 6.07) is 8.17. The Morgan fingerprint density at radius 1 is 1.39 bits per heavy atom. The zero-order valence-electron chi connectivity index (χ0n) is 9.80. The van der Waals surface area contributed by atoms with E-state index in [1.165, 1.54) is 5.56 Å². The third kappa shape index (κ3) is 4.06. The van der Waals surface area contributed by atoms with Crippen molar-refractivity contribution in [3.8, 4) is 0 Å². The molecule has 1 heterocycles. The van der Waals surface area contributed by atoms with Crippen molar-refractivity contribution in [2.45, 2.75) is 12.8 Å². The summed E-state index contributed by atoms with van der Waals surface area (Å²) in [6.45, 7) is 0.483. The van der Waals surface area contributed by atoms with Gasteiger partial charge in [0.1, 0.15) is 0 Å². The minimum Gasteiger partial charge on any atom is -0.348 e. The van der Waals surface area contributed by atoms with E-state index in [2.05, 4.69) is 26.8 Å². The molecule has 0 bridgehead atoms. The molecule has 1 atom stereocenters. The van der Waals surface area contributed by atoms with Gasteiger partial charge in [0.2, 0.25) is 11.3 Å². The van der Waals surface area contributed by atoms with Crippen LogP contribution in [0.2, 0.25) is 0 Å². The maximum absolute atomic E-state index is 10.5. The number of nitrogens with zero attached hydrogens (tertiary/aromatic N) is 1. The number of nitrogens with one attached hydrogen (secondary N) is 2. The summed E-state index contributed by atoms with van der Waals surface area (Å²) in [6.07, 6.45) is 5.01. The summed E-state index contributed by atoms with van der Waals surface area (Å²) < 4.78 is 21.5. The first kappa shape index (κ1) is 12.9. The van der Waals surface area contributed by atoms with Gasteiger partial charge in [-0.3, -0.25) is 4.55 Å². The number of hydrogen-bond donors (Lipinski definition) is 3. The largest absolute Gasteiger partial charge is 0.348 e. The molecule has 0 aliphatic carbocycles. The maximum Gasteiger partial charge on any atom is 0.231 e. The van der Waals surface area contributed by atoms with Crippen molar-refractivity contribution in [2.24, 2.45) is 0 Å². The maximum atomic E-state index is 10.5. The fourth-order valence-electron chi connectivity index (χ4n) is 1.78. The molecule has 6 heteroatoms. The number of H-pyrrole nitrogens is 1. The highest BCUT2D eigenvalue weighted by Crippen LogP contribution is 2.10. The van der Waals surface area contributed by atoms with E-state index in [-0.39, 0.29) is 0 Å². The van der Waals surface area contributed by atoms with Crippen molar-refractivity contribution >= 4 is 11.3 Å². The third-order valence-electron chi connectivity index (χ3n) is 2.58.